The molecule has 0 bridgehead atoms. The minimum Gasteiger partial charge on any atom is -0.381 e. The summed E-state index contributed by atoms with van der Waals surface area (Å²) in [5.74, 6) is 0. The number of nitrogens with one attached hydrogen (secondary N) is 1. The molecule has 1 saturated heterocycles. The van der Waals surface area contributed by atoms with Crippen molar-refractivity contribution in [1.29, 1.82) is 0 Å². The predicted molar refractivity (Wildman–Crippen MR) is 98.8 cm³/mol. The maximum absolute atomic E-state index is 12.8. The zero-order valence-corrected chi connectivity index (χ0v) is 14.8. The van der Waals surface area contributed by atoms with Crippen molar-refractivity contribution in [2.45, 2.75) is 32.2 Å². The number of carbonyl (C=O) groups is 1. The van der Waals surface area contributed by atoms with Crippen LogP contribution in [0.2, 0.25) is 0 Å². The first-order valence-corrected chi connectivity index (χ1v) is 9.35. The number of ether oxygens (including phenoxy) is 1. The Morgan fingerprint density at radius 1 is 1.25 bits per heavy atom. The number of hydrogen-bond donors (Lipinski definition) is 1. The van der Waals surface area contributed by atoms with E-state index in [-0.39, 0.29) is 12.1 Å². The summed E-state index contributed by atoms with van der Waals surface area (Å²) in [6, 6.07) is 12.4. The SMILES string of the molecule is Cc1ccc(NC(=O)N(CCc2cccs2)C2CCOCC2)cc1. The Bertz CT molecular complexity index is 634. The number of hydrogen-bond acceptors (Lipinski definition) is 3. The van der Waals surface area contributed by atoms with Crippen molar-refractivity contribution in [3.05, 3.63) is 52.2 Å². The molecule has 0 radical (unpaired) electrons. The van der Waals surface area contributed by atoms with Gasteiger partial charge in [0, 0.05) is 36.4 Å². The van der Waals surface area contributed by atoms with Crippen LogP contribution in [0.4, 0.5) is 10.5 Å². The Kier molecular flexibility index (Phi) is 5.88. The van der Waals surface area contributed by atoms with E-state index in [0.717, 1.165) is 44.7 Å². The first kappa shape index (κ1) is 17.0. The number of carbonyl (C=O) groups excluding carboxylic acids is 1. The van der Waals surface area contributed by atoms with Crippen LogP contribution in [-0.4, -0.2) is 36.7 Å². The van der Waals surface area contributed by atoms with Gasteiger partial charge >= 0.3 is 6.03 Å². The molecule has 5 heteroatoms. The van der Waals surface area contributed by atoms with Crippen LogP contribution in [0, 0.1) is 6.92 Å². The topological polar surface area (TPSA) is 41.6 Å². The highest BCUT2D eigenvalue weighted by molar-refractivity contribution is 7.09. The zero-order valence-electron chi connectivity index (χ0n) is 14.0. The largest absolute Gasteiger partial charge is 0.381 e. The van der Waals surface area contributed by atoms with E-state index < -0.39 is 0 Å². The van der Waals surface area contributed by atoms with Crippen molar-refractivity contribution >= 4 is 23.1 Å². The first-order valence-electron chi connectivity index (χ1n) is 8.47. The van der Waals surface area contributed by atoms with E-state index in [0.29, 0.717) is 0 Å². The molecule has 1 fully saturated rings. The van der Waals surface area contributed by atoms with E-state index in [1.54, 1.807) is 11.3 Å². The van der Waals surface area contributed by atoms with E-state index in [1.165, 1.54) is 10.4 Å². The van der Waals surface area contributed by atoms with Crippen LogP contribution in [-0.2, 0) is 11.2 Å². The smallest absolute Gasteiger partial charge is 0.322 e. The normalized spacial score (nSPS) is 15.2. The highest BCUT2D eigenvalue weighted by Gasteiger charge is 2.25. The van der Waals surface area contributed by atoms with Gasteiger partial charge in [-0.2, -0.15) is 0 Å². The summed E-state index contributed by atoms with van der Waals surface area (Å²) < 4.78 is 5.46. The lowest BCUT2D eigenvalue weighted by Gasteiger charge is -2.34. The molecule has 3 rings (SSSR count). The van der Waals surface area contributed by atoms with Gasteiger partial charge in [-0.05, 0) is 49.8 Å². The summed E-state index contributed by atoms with van der Waals surface area (Å²) in [6.07, 6.45) is 2.72. The number of amides is 2. The van der Waals surface area contributed by atoms with E-state index in [9.17, 15) is 4.79 Å². The van der Waals surface area contributed by atoms with Gasteiger partial charge in [0.15, 0.2) is 0 Å². The lowest BCUT2D eigenvalue weighted by Crippen LogP contribution is -2.46. The highest BCUT2D eigenvalue weighted by atomic mass is 32.1. The third-order valence-corrected chi connectivity index (χ3v) is 5.31. The summed E-state index contributed by atoms with van der Waals surface area (Å²) in [5, 5.41) is 5.13. The van der Waals surface area contributed by atoms with E-state index in [4.69, 9.17) is 4.74 Å². The molecule has 0 spiro atoms. The van der Waals surface area contributed by atoms with Crippen molar-refractivity contribution in [1.82, 2.24) is 4.90 Å². The maximum atomic E-state index is 12.8. The Balaban J connectivity index is 1.67. The Hall–Kier alpha value is -1.85. The highest BCUT2D eigenvalue weighted by Crippen LogP contribution is 2.19. The fourth-order valence-corrected chi connectivity index (χ4v) is 3.66. The van der Waals surface area contributed by atoms with Gasteiger partial charge in [-0.25, -0.2) is 4.79 Å². The molecule has 1 aliphatic rings. The number of aryl methyl sites for hydroxylation is 1. The van der Waals surface area contributed by atoms with Crippen LogP contribution in [0.5, 0.6) is 0 Å². The molecule has 4 nitrogen and oxygen atoms in total. The summed E-state index contributed by atoms with van der Waals surface area (Å²) in [4.78, 5) is 16.1. The molecule has 1 aromatic heterocycles. The fraction of sp³-hybridized carbons (Fsp3) is 0.421. The molecule has 0 saturated carbocycles. The monoisotopic (exact) mass is 344 g/mol. The van der Waals surface area contributed by atoms with Crippen molar-refractivity contribution in [3.8, 4) is 0 Å². The second-order valence-corrected chi connectivity index (χ2v) is 7.19. The van der Waals surface area contributed by atoms with Crippen LogP contribution in [0.1, 0.15) is 23.3 Å². The van der Waals surface area contributed by atoms with Crippen molar-refractivity contribution in [2.75, 3.05) is 25.1 Å². The number of thiophene rings is 1. The van der Waals surface area contributed by atoms with Gasteiger partial charge in [0.25, 0.3) is 0 Å². The van der Waals surface area contributed by atoms with Crippen LogP contribution in [0.3, 0.4) is 0 Å². The molecule has 0 atom stereocenters. The van der Waals surface area contributed by atoms with E-state index in [1.807, 2.05) is 36.1 Å². The molecular weight excluding hydrogens is 320 g/mol. The van der Waals surface area contributed by atoms with Gasteiger partial charge in [-0.1, -0.05) is 23.8 Å². The Labute approximate surface area is 147 Å². The van der Waals surface area contributed by atoms with Gasteiger partial charge in [0.2, 0.25) is 0 Å². The van der Waals surface area contributed by atoms with E-state index in [2.05, 4.69) is 22.8 Å². The van der Waals surface area contributed by atoms with Crippen LogP contribution in [0.15, 0.2) is 41.8 Å². The Morgan fingerprint density at radius 3 is 2.67 bits per heavy atom. The number of urea groups is 1. The van der Waals surface area contributed by atoms with Gasteiger partial charge in [-0.3, -0.25) is 0 Å². The summed E-state index contributed by atoms with van der Waals surface area (Å²) in [7, 11) is 0. The maximum Gasteiger partial charge on any atom is 0.322 e. The van der Waals surface area contributed by atoms with Crippen molar-refractivity contribution < 1.29 is 9.53 Å². The fourth-order valence-electron chi connectivity index (χ4n) is 2.96. The second-order valence-electron chi connectivity index (χ2n) is 6.16. The zero-order chi connectivity index (χ0) is 16.8. The third-order valence-electron chi connectivity index (χ3n) is 4.37. The average molecular weight is 344 g/mol. The number of nitrogens with zero attached hydrogens (tertiary/aromatic N) is 1. The lowest BCUT2D eigenvalue weighted by atomic mass is 10.1. The third kappa shape index (κ3) is 4.58. The predicted octanol–water partition coefficient (Wildman–Crippen LogP) is 4.31. The quantitative estimate of drug-likeness (QED) is 0.878. The molecular formula is C19H24N2O2S. The molecule has 128 valence electrons. The molecule has 1 N–H and O–H groups in total. The number of anilines is 1. The van der Waals surface area contributed by atoms with Crippen molar-refractivity contribution in [2.24, 2.45) is 0 Å². The molecule has 1 aromatic carbocycles. The summed E-state index contributed by atoms with van der Waals surface area (Å²) in [5.41, 5.74) is 2.03. The molecule has 0 aliphatic carbocycles. The average Bonchev–Trinajstić information content (AvgIpc) is 3.12. The van der Waals surface area contributed by atoms with Gasteiger partial charge in [0.05, 0.1) is 0 Å². The molecule has 2 aromatic rings. The lowest BCUT2D eigenvalue weighted by molar-refractivity contribution is 0.0484. The van der Waals surface area contributed by atoms with Gasteiger partial charge in [-0.15, -0.1) is 11.3 Å². The van der Waals surface area contributed by atoms with E-state index >= 15 is 0 Å². The number of benzene rings is 1. The van der Waals surface area contributed by atoms with Gasteiger partial charge < -0.3 is 15.0 Å². The summed E-state index contributed by atoms with van der Waals surface area (Å²) in [6.45, 7) is 4.25. The summed E-state index contributed by atoms with van der Waals surface area (Å²) >= 11 is 1.75. The molecule has 2 heterocycles. The molecule has 0 unspecified atom stereocenters. The minimum atomic E-state index is -0.0118. The molecule has 1 aliphatic heterocycles. The first-order chi connectivity index (χ1) is 11.7. The minimum absolute atomic E-state index is 0.0118. The van der Waals surface area contributed by atoms with Crippen LogP contribution >= 0.6 is 11.3 Å². The standard InChI is InChI=1S/C19H24N2O2S/c1-15-4-6-16(7-5-15)20-19(22)21(17-9-12-23-13-10-17)11-8-18-3-2-14-24-18/h2-7,14,17H,8-13H2,1H3,(H,20,22). The second kappa shape index (κ2) is 8.31. The van der Waals surface area contributed by atoms with Crippen molar-refractivity contribution in [3.63, 3.8) is 0 Å². The Morgan fingerprint density at radius 2 is 2.00 bits per heavy atom. The van der Waals surface area contributed by atoms with Gasteiger partial charge in [0.1, 0.15) is 0 Å². The van der Waals surface area contributed by atoms with Crippen LogP contribution in [0.25, 0.3) is 0 Å². The molecule has 24 heavy (non-hydrogen) atoms. The van der Waals surface area contributed by atoms with Crippen LogP contribution < -0.4 is 5.32 Å². The molecule has 2 amide bonds. The number of rotatable bonds is 5.